The summed E-state index contributed by atoms with van der Waals surface area (Å²) in [6.45, 7) is 2.73. The van der Waals surface area contributed by atoms with Gasteiger partial charge in [0.1, 0.15) is 5.82 Å². The predicted octanol–water partition coefficient (Wildman–Crippen LogP) is 4.48. The number of benzene rings is 2. The fourth-order valence-corrected chi connectivity index (χ4v) is 3.17. The van der Waals surface area contributed by atoms with Gasteiger partial charge >= 0.3 is 0 Å². The van der Waals surface area contributed by atoms with Gasteiger partial charge in [0.25, 0.3) is 0 Å². The molecule has 8 heteroatoms. The van der Waals surface area contributed by atoms with Crippen molar-refractivity contribution >= 4 is 56.7 Å². The number of carbonyl (C=O) groups is 3. The summed E-state index contributed by atoms with van der Waals surface area (Å²) in [5, 5.41) is 5.33. The maximum absolute atomic E-state index is 14.0. The summed E-state index contributed by atoms with van der Waals surface area (Å²) in [6, 6.07) is 9.22. The maximum atomic E-state index is 14.0. The minimum Gasteiger partial charge on any atom is -0.325 e. The van der Waals surface area contributed by atoms with Crippen molar-refractivity contribution in [2.24, 2.45) is 0 Å². The van der Waals surface area contributed by atoms with Crippen molar-refractivity contribution in [2.45, 2.75) is 18.7 Å². The molecule has 0 fully saturated rings. The number of anilines is 2. The Morgan fingerprint density at radius 1 is 1.04 bits per heavy atom. The Morgan fingerprint density at radius 3 is 2.38 bits per heavy atom. The van der Waals surface area contributed by atoms with E-state index >= 15 is 0 Å². The van der Waals surface area contributed by atoms with Gasteiger partial charge in [-0.25, -0.2) is 4.39 Å². The number of ketones is 1. The van der Waals surface area contributed by atoms with Gasteiger partial charge in [0.05, 0.1) is 17.1 Å². The van der Waals surface area contributed by atoms with E-state index in [1.807, 2.05) is 0 Å². The molecule has 0 bridgehead atoms. The molecule has 0 unspecified atom stereocenters. The van der Waals surface area contributed by atoms with Crippen molar-refractivity contribution in [1.29, 1.82) is 0 Å². The lowest BCUT2D eigenvalue weighted by atomic mass is 10.1. The number of Topliss-reactive ketones (excluding diaryl/α,β-unsaturated/α-hetero) is 1. The Balaban J connectivity index is 2.04. The molecule has 0 aliphatic heterocycles. The summed E-state index contributed by atoms with van der Waals surface area (Å²) in [6.07, 6.45) is 0. The quantitative estimate of drug-likeness (QED) is 0.514. The van der Waals surface area contributed by atoms with Crippen molar-refractivity contribution in [3.05, 3.63) is 52.3 Å². The van der Waals surface area contributed by atoms with Crippen LogP contribution in [0.4, 0.5) is 15.8 Å². The number of hydrogen-bond donors (Lipinski definition) is 2. The summed E-state index contributed by atoms with van der Waals surface area (Å²) in [7, 11) is 0. The van der Waals surface area contributed by atoms with E-state index in [1.165, 1.54) is 26.0 Å². The molecule has 2 aromatic carbocycles. The van der Waals surface area contributed by atoms with Gasteiger partial charge in [0.2, 0.25) is 11.8 Å². The molecule has 0 aliphatic rings. The first kappa shape index (κ1) is 20.1. The van der Waals surface area contributed by atoms with E-state index < -0.39 is 5.82 Å². The maximum Gasteiger partial charge on any atom is 0.234 e. The number of thioether (sulfide) groups is 1. The first-order valence-corrected chi connectivity index (χ1v) is 9.34. The second kappa shape index (κ2) is 8.95. The second-order valence-electron chi connectivity index (χ2n) is 5.41. The number of amides is 2. The third-order valence-corrected chi connectivity index (χ3v) is 4.81. The zero-order chi connectivity index (χ0) is 19.3. The Kier molecular flexibility index (Phi) is 6.93. The minimum atomic E-state index is -0.545. The normalized spacial score (nSPS) is 10.3. The molecular weight excluding hydrogens is 423 g/mol. The second-order valence-corrected chi connectivity index (χ2v) is 7.34. The molecule has 2 N–H and O–H groups in total. The lowest BCUT2D eigenvalue weighted by Crippen LogP contribution is -2.16. The lowest BCUT2D eigenvalue weighted by molar-refractivity contribution is -0.115. The summed E-state index contributed by atoms with van der Waals surface area (Å²) < 4.78 is 14.7. The van der Waals surface area contributed by atoms with Gasteiger partial charge in [0.15, 0.2) is 5.78 Å². The average Bonchev–Trinajstić information content (AvgIpc) is 2.55. The Bertz CT molecular complexity index is 874. The van der Waals surface area contributed by atoms with E-state index in [-0.39, 0.29) is 33.8 Å². The Hall–Kier alpha value is -2.19. The highest BCUT2D eigenvalue weighted by Gasteiger charge is 2.12. The summed E-state index contributed by atoms with van der Waals surface area (Å²) in [5.41, 5.74) is 1.19. The number of carbonyl (C=O) groups excluding carboxylic acids is 3. The van der Waals surface area contributed by atoms with Crippen molar-refractivity contribution in [3.63, 3.8) is 0 Å². The van der Waals surface area contributed by atoms with Crippen LogP contribution in [0.5, 0.6) is 0 Å². The molecule has 0 atom stereocenters. The van der Waals surface area contributed by atoms with Crippen LogP contribution in [0.15, 0.2) is 45.8 Å². The van der Waals surface area contributed by atoms with Crippen LogP contribution in [0.25, 0.3) is 0 Å². The summed E-state index contributed by atoms with van der Waals surface area (Å²) in [4.78, 5) is 35.0. The monoisotopic (exact) mass is 438 g/mol. The molecule has 0 saturated carbocycles. The molecule has 5 nitrogen and oxygen atoms in total. The molecule has 2 aromatic rings. The van der Waals surface area contributed by atoms with Crippen LogP contribution in [0.3, 0.4) is 0 Å². The number of halogens is 2. The van der Waals surface area contributed by atoms with Crippen molar-refractivity contribution in [1.82, 2.24) is 0 Å². The number of nitrogens with one attached hydrogen (secondary N) is 2. The number of rotatable bonds is 6. The lowest BCUT2D eigenvalue weighted by Gasteiger charge is -2.12. The average molecular weight is 439 g/mol. The molecule has 0 aromatic heterocycles. The fourth-order valence-electron chi connectivity index (χ4n) is 2.09. The van der Waals surface area contributed by atoms with Gasteiger partial charge in [-0.05, 0) is 37.3 Å². The van der Waals surface area contributed by atoms with Crippen LogP contribution in [-0.4, -0.2) is 23.4 Å². The molecule has 0 heterocycles. The van der Waals surface area contributed by atoms with E-state index in [4.69, 9.17) is 0 Å². The third kappa shape index (κ3) is 5.67. The van der Waals surface area contributed by atoms with Gasteiger partial charge in [-0.2, -0.15) is 0 Å². The first-order valence-electron chi connectivity index (χ1n) is 7.56. The van der Waals surface area contributed by atoms with E-state index in [9.17, 15) is 18.8 Å². The first-order chi connectivity index (χ1) is 12.3. The minimum absolute atomic E-state index is 0.0254. The van der Waals surface area contributed by atoms with E-state index in [1.54, 1.807) is 18.2 Å². The fraction of sp³-hybridized carbons (Fsp3) is 0.167. The van der Waals surface area contributed by atoms with Crippen LogP contribution in [0.1, 0.15) is 24.2 Å². The highest BCUT2D eigenvalue weighted by Crippen LogP contribution is 2.27. The molecule has 0 spiro atoms. The summed E-state index contributed by atoms with van der Waals surface area (Å²) >= 11 is 4.33. The zero-order valence-corrected chi connectivity index (χ0v) is 16.5. The van der Waals surface area contributed by atoms with Crippen molar-refractivity contribution < 1.29 is 18.8 Å². The molecule has 2 amide bonds. The van der Waals surface area contributed by atoms with E-state index in [0.29, 0.717) is 11.4 Å². The van der Waals surface area contributed by atoms with Gasteiger partial charge < -0.3 is 10.6 Å². The highest BCUT2D eigenvalue weighted by atomic mass is 79.9. The molecule has 0 aliphatic carbocycles. The van der Waals surface area contributed by atoms with Crippen LogP contribution in [-0.2, 0) is 9.59 Å². The molecule has 0 radical (unpaired) electrons. The van der Waals surface area contributed by atoms with Crippen LogP contribution in [0.2, 0.25) is 0 Å². The SMILES string of the molecule is CC(=O)Nc1ccc(Br)cc1NC(=O)CSc1ccc(C(C)=O)cc1F. The van der Waals surface area contributed by atoms with Crippen LogP contribution >= 0.6 is 27.7 Å². The van der Waals surface area contributed by atoms with E-state index in [2.05, 4.69) is 26.6 Å². The van der Waals surface area contributed by atoms with Gasteiger partial charge in [-0.3, -0.25) is 14.4 Å². The number of hydrogen-bond acceptors (Lipinski definition) is 4. The van der Waals surface area contributed by atoms with Crippen LogP contribution in [0, 0.1) is 5.82 Å². The molecule has 136 valence electrons. The zero-order valence-electron chi connectivity index (χ0n) is 14.1. The predicted molar refractivity (Wildman–Crippen MR) is 104 cm³/mol. The summed E-state index contributed by atoms with van der Waals surface area (Å²) in [5.74, 6) is -1.41. The molecular formula is C18H16BrFN2O3S. The molecule has 2 rings (SSSR count). The Morgan fingerprint density at radius 2 is 1.77 bits per heavy atom. The Labute approximate surface area is 162 Å². The van der Waals surface area contributed by atoms with Gasteiger partial charge in [0, 0.05) is 21.9 Å². The van der Waals surface area contributed by atoms with E-state index in [0.717, 1.165) is 22.3 Å². The van der Waals surface area contributed by atoms with Crippen molar-refractivity contribution in [3.8, 4) is 0 Å². The highest BCUT2D eigenvalue weighted by molar-refractivity contribution is 9.10. The van der Waals surface area contributed by atoms with Crippen molar-refractivity contribution in [2.75, 3.05) is 16.4 Å². The van der Waals surface area contributed by atoms with Crippen LogP contribution < -0.4 is 10.6 Å². The largest absolute Gasteiger partial charge is 0.325 e. The smallest absolute Gasteiger partial charge is 0.234 e. The molecule has 0 saturated heterocycles. The standard InChI is InChI=1S/C18H16BrFN2O3S/c1-10(23)12-3-6-17(14(20)7-12)26-9-18(25)22-16-8-13(19)4-5-15(16)21-11(2)24/h3-8H,9H2,1-2H3,(H,21,24)(H,22,25). The topological polar surface area (TPSA) is 75.3 Å². The third-order valence-electron chi connectivity index (χ3n) is 3.26. The molecule has 26 heavy (non-hydrogen) atoms. The van der Waals surface area contributed by atoms with Gasteiger partial charge in [-0.1, -0.05) is 22.0 Å². The van der Waals surface area contributed by atoms with Gasteiger partial charge in [-0.15, -0.1) is 11.8 Å².